The highest BCUT2D eigenvalue weighted by Crippen LogP contribution is 2.35. The fraction of sp³-hybridized carbons (Fsp3) is 0.714. The van der Waals surface area contributed by atoms with Gasteiger partial charge in [-0.05, 0) is 54.6 Å². The predicted molar refractivity (Wildman–Crippen MR) is 73.2 cm³/mol. The molecule has 3 heteroatoms. The van der Waals surface area contributed by atoms with E-state index in [-0.39, 0.29) is 6.04 Å². The molecule has 0 aliphatic carbocycles. The number of hydrogen-bond acceptors (Lipinski definition) is 3. The van der Waals surface area contributed by atoms with Gasteiger partial charge in [-0.2, -0.15) is 11.3 Å². The van der Waals surface area contributed by atoms with Crippen LogP contribution in [0.15, 0.2) is 16.8 Å². The van der Waals surface area contributed by atoms with Crippen molar-refractivity contribution in [2.24, 2.45) is 5.73 Å². The van der Waals surface area contributed by atoms with E-state index < -0.39 is 0 Å². The maximum atomic E-state index is 6.49. The fourth-order valence-corrected chi connectivity index (χ4v) is 4.28. The summed E-state index contributed by atoms with van der Waals surface area (Å²) in [6.07, 6.45) is 8.22. The topological polar surface area (TPSA) is 29.3 Å². The number of nitrogens with two attached hydrogens (primary N) is 1. The minimum atomic E-state index is 0.224. The van der Waals surface area contributed by atoms with Gasteiger partial charge in [0.2, 0.25) is 0 Å². The number of hydrogen-bond donors (Lipinski definition) is 1. The van der Waals surface area contributed by atoms with Crippen molar-refractivity contribution in [3.63, 3.8) is 0 Å². The van der Waals surface area contributed by atoms with Gasteiger partial charge in [0.25, 0.3) is 0 Å². The van der Waals surface area contributed by atoms with Gasteiger partial charge in [-0.25, -0.2) is 0 Å². The quantitative estimate of drug-likeness (QED) is 0.873. The SMILES string of the molecule is NC(c1ccsc1)C1CCCC2CCCCN21. The number of rotatable bonds is 2. The summed E-state index contributed by atoms with van der Waals surface area (Å²) >= 11 is 1.76. The highest BCUT2D eigenvalue weighted by atomic mass is 32.1. The highest BCUT2D eigenvalue weighted by molar-refractivity contribution is 7.07. The Balaban J connectivity index is 1.76. The molecule has 2 fully saturated rings. The number of fused-ring (bicyclic) bond motifs is 1. The zero-order chi connectivity index (χ0) is 11.7. The molecule has 2 aliphatic heterocycles. The molecule has 2 nitrogen and oxygen atoms in total. The Labute approximate surface area is 108 Å². The Morgan fingerprint density at radius 2 is 2.12 bits per heavy atom. The van der Waals surface area contributed by atoms with E-state index in [0.717, 1.165) is 6.04 Å². The standard InChI is InChI=1S/C14H22N2S/c15-14(11-7-9-17-10-11)13-6-3-5-12-4-1-2-8-16(12)13/h7,9-10,12-14H,1-6,8,15H2. The van der Waals surface area contributed by atoms with Crippen molar-refractivity contribution in [1.82, 2.24) is 4.90 Å². The maximum absolute atomic E-state index is 6.49. The number of nitrogens with zero attached hydrogens (tertiary/aromatic N) is 1. The van der Waals surface area contributed by atoms with Crippen molar-refractivity contribution < 1.29 is 0 Å². The molecule has 3 rings (SSSR count). The number of piperidine rings is 2. The monoisotopic (exact) mass is 250 g/mol. The van der Waals surface area contributed by atoms with Crippen LogP contribution in [0.3, 0.4) is 0 Å². The molecule has 94 valence electrons. The van der Waals surface area contributed by atoms with Crippen molar-refractivity contribution in [1.29, 1.82) is 0 Å². The molecule has 3 heterocycles. The summed E-state index contributed by atoms with van der Waals surface area (Å²) in [5.74, 6) is 0. The van der Waals surface area contributed by atoms with Gasteiger partial charge in [0, 0.05) is 18.1 Å². The summed E-state index contributed by atoms with van der Waals surface area (Å²) in [7, 11) is 0. The summed E-state index contributed by atoms with van der Waals surface area (Å²) in [4.78, 5) is 2.72. The van der Waals surface area contributed by atoms with Crippen molar-refractivity contribution in [2.75, 3.05) is 6.54 Å². The van der Waals surface area contributed by atoms with Crippen LogP contribution in [0.4, 0.5) is 0 Å². The second kappa shape index (κ2) is 5.09. The van der Waals surface area contributed by atoms with E-state index in [4.69, 9.17) is 5.73 Å². The van der Waals surface area contributed by atoms with Crippen LogP contribution in [0.25, 0.3) is 0 Å². The van der Waals surface area contributed by atoms with E-state index in [9.17, 15) is 0 Å². The minimum Gasteiger partial charge on any atom is -0.323 e. The van der Waals surface area contributed by atoms with Gasteiger partial charge in [-0.15, -0.1) is 0 Å². The lowest BCUT2D eigenvalue weighted by molar-refractivity contribution is 0.0393. The largest absolute Gasteiger partial charge is 0.323 e. The van der Waals surface area contributed by atoms with E-state index in [2.05, 4.69) is 21.7 Å². The predicted octanol–water partition coefficient (Wildman–Crippen LogP) is 3.15. The molecule has 2 saturated heterocycles. The molecule has 3 atom stereocenters. The van der Waals surface area contributed by atoms with Crippen LogP contribution in [-0.4, -0.2) is 23.5 Å². The molecule has 0 spiro atoms. The van der Waals surface area contributed by atoms with Crippen LogP contribution in [0, 0.1) is 0 Å². The molecular weight excluding hydrogens is 228 g/mol. The van der Waals surface area contributed by atoms with Crippen molar-refractivity contribution >= 4 is 11.3 Å². The molecule has 1 aromatic rings. The molecule has 1 aromatic heterocycles. The van der Waals surface area contributed by atoms with Crippen LogP contribution >= 0.6 is 11.3 Å². The van der Waals surface area contributed by atoms with Crippen LogP contribution in [0.2, 0.25) is 0 Å². The molecule has 0 aromatic carbocycles. The van der Waals surface area contributed by atoms with Gasteiger partial charge in [0.1, 0.15) is 0 Å². The zero-order valence-corrected chi connectivity index (χ0v) is 11.2. The summed E-state index contributed by atoms with van der Waals surface area (Å²) in [5.41, 5.74) is 7.83. The molecule has 2 N–H and O–H groups in total. The molecule has 0 bridgehead atoms. The maximum Gasteiger partial charge on any atom is 0.0461 e. The van der Waals surface area contributed by atoms with E-state index in [0.29, 0.717) is 6.04 Å². The van der Waals surface area contributed by atoms with Gasteiger partial charge in [-0.3, -0.25) is 4.90 Å². The fourth-order valence-electron chi connectivity index (χ4n) is 3.57. The zero-order valence-electron chi connectivity index (χ0n) is 10.3. The van der Waals surface area contributed by atoms with E-state index in [1.807, 2.05) is 0 Å². The Morgan fingerprint density at radius 3 is 2.94 bits per heavy atom. The molecule has 0 saturated carbocycles. The molecule has 17 heavy (non-hydrogen) atoms. The normalized spacial score (nSPS) is 32.1. The lowest BCUT2D eigenvalue weighted by Crippen LogP contribution is -2.53. The number of thiophene rings is 1. The Morgan fingerprint density at radius 1 is 1.24 bits per heavy atom. The third-order valence-corrected chi connectivity index (χ3v) is 5.18. The summed E-state index contributed by atoms with van der Waals surface area (Å²) in [5, 5.41) is 4.37. The van der Waals surface area contributed by atoms with Crippen LogP contribution < -0.4 is 5.73 Å². The lowest BCUT2D eigenvalue weighted by Gasteiger charge is -2.47. The Bertz CT molecular complexity index is 347. The van der Waals surface area contributed by atoms with Crippen LogP contribution in [0.1, 0.15) is 50.1 Å². The van der Waals surface area contributed by atoms with Crippen molar-refractivity contribution in [2.45, 2.75) is 56.7 Å². The van der Waals surface area contributed by atoms with Gasteiger partial charge in [0.05, 0.1) is 0 Å². The third-order valence-electron chi connectivity index (χ3n) is 4.48. The Hall–Kier alpha value is -0.380. The summed E-state index contributed by atoms with van der Waals surface area (Å²) in [6.45, 7) is 1.27. The molecular formula is C14H22N2S. The van der Waals surface area contributed by atoms with Crippen LogP contribution in [-0.2, 0) is 0 Å². The first-order chi connectivity index (χ1) is 8.36. The van der Waals surface area contributed by atoms with E-state index in [1.54, 1.807) is 11.3 Å². The minimum absolute atomic E-state index is 0.224. The average molecular weight is 250 g/mol. The highest BCUT2D eigenvalue weighted by Gasteiger charge is 2.35. The smallest absolute Gasteiger partial charge is 0.0461 e. The van der Waals surface area contributed by atoms with E-state index >= 15 is 0 Å². The van der Waals surface area contributed by atoms with Crippen LogP contribution in [0.5, 0.6) is 0 Å². The Kier molecular flexibility index (Phi) is 3.50. The van der Waals surface area contributed by atoms with Crippen molar-refractivity contribution in [3.8, 4) is 0 Å². The van der Waals surface area contributed by atoms with Gasteiger partial charge in [-0.1, -0.05) is 12.8 Å². The first kappa shape index (κ1) is 11.7. The first-order valence-electron chi connectivity index (χ1n) is 6.89. The van der Waals surface area contributed by atoms with Gasteiger partial charge < -0.3 is 5.73 Å². The lowest BCUT2D eigenvalue weighted by atomic mass is 9.85. The summed E-state index contributed by atoms with van der Waals surface area (Å²) < 4.78 is 0. The second-order valence-corrected chi connectivity index (χ2v) is 6.25. The molecule has 2 aliphatic rings. The molecule has 0 amide bonds. The summed E-state index contributed by atoms with van der Waals surface area (Å²) in [6, 6.07) is 3.83. The first-order valence-corrected chi connectivity index (χ1v) is 7.84. The third kappa shape index (κ3) is 2.28. The van der Waals surface area contributed by atoms with E-state index in [1.165, 1.54) is 50.6 Å². The van der Waals surface area contributed by atoms with Gasteiger partial charge in [0.15, 0.2) is 0 Å². The average Bonchev–Trinajstić information content (AvgIpc) is 2.91. The molecule has 3 unspecified atom stereocenters. The molecule has 0 radical (unpaired) electrons. The van der Waals surface area contributed by atoms with Crippen molar-refractivity contribution in [3.05, 3.63) is 22.4 Å². The second-order valence-electron chi connectivity index (χ2n) is 5.47. The van der Waals surface area contributed by atoms with Gasteiger partial charge >= 0.3 is 0 Å².